The predicted octanol–water partition coefficient (Wildman–Crippen LogP) is 3.48. The van der Waals surface area contributed by atoms with Crippen LogP contribution in [0.5, 0.6) is 0 Å². The smallest absolute Gasteiger partial charge is 0.274 e. The number of aromatic nitrogens is 2. The monoisotopic (exact) mass is 436 g/mol. The molecule has 0 radical (unpaired) electrons. The Kier molecular flexibility index (Phi) is 6.46. The first-order valence-corrected chi connectivity index (χ1v) is 11.4. The molecule has 0 aliphatic carbocycles. The molecule has 1 aliphatic heterocycles. The second-order valence-electron chi connectivity index (χ2n) is 9.23. The topological polar surface area (TPSA) is 71.6 Å². The molecule has 4 rings (SSSR count). The third kappa shape index (κ3) is 4.48. The summed E-state index contributed by atoms with van der Waals surface area (Å²) >= 11 is 0. The molecular weight excluding hydrogens is 404 g/mol. The summed E-state index contributed by atoms with van der Waals surface area (Å²) in [5, 5.41) is 5.98. The Balaban J connectivity index is 1.57. The van der Waals surface area contributed by atoms with Gasteiger partial charge in [0.25, 0.3) is 5.56 Å². The summed E-state index contributed by atoms with van der Waals surface area (Å²) in [6.45, 7) is 11.2. The molecule has 1 saturated heterocycles. The van der Waals surface area contributed by atoms with Crippen molar-refractivity contribution in [1.82, 2.24) is 19.6 Å². The maximum absolute atomic E-state index is 13.5. The maximum Gasteiger partial charge on any atom is 0.274 e. The summed E-state index contributed by atoms with van der Waals surface area (Å²) in [7, 11) is 0. The van der Waals surface area contributed by atoms with Crippen LogP contribution in [0.15, 0.2) is 51.9 Å². The number of fused-ring (bicyclic) bond motifs is 1. The summed E-state index contributed by atoms with van der Waals surface area (Å²) in [6.07, 6.45) is 1.89. The number of piperazine rings is 1. The van der Waals surface area contributed by atoms with E-state index in [1.807, 2.05) is 55.1 Å². The van der Waals surface area contributed by atoms with Crippen LogP contribution in [0.25, 0.3) is 10.8 Å². The fourth-order valence-electron chi connectivity index (χ4n) is 4.52. The zero-order chi connectivity index (χ0) is 22.8. The molecule has 1 amide bonds. The molecule has 1 atom stereocenters. The number of carbonyl (C=O) groups is 1. The molecule has 3 heterocycles. The summed E-state index contributed by atoms with van der Waals surface area (Å²) in [5.74, 6) is 1.33. The Bertz CT molecular complexity index is 1130. The van der Waals surface area contributed by atoms with Crippen molar-refractivity contribution in [2.75, 3.05) is 19.6 Å². The van der Waals surface area contributed by atoms with Crippen molar-refractivity contribution >= 4 is 16.7 Å². The van der Waals surface area contributed by atoms with E-state index < -0.39 is 0 Å². The van der Waals surface area contributed by atoms with Crippen molar-refractivity contribution in [2.24, 2.45) is 5.92 Å². The zero-order valence-electron chi connectivity index (χ0n) is 19.3. The lowest BCUT2D eigenvalue weighted by atomic mass is 9.98. The third-order valence-corrected chi connectivity index (χ3v) is 6.26. The van der Waals surface area contributed by atoms with Gasteiger partial charge in [-0.25, -0.2) is 4.68 Å². The first kappa shape index (κ1) is 22.3. The van der Waals surface area contributed by atoms with Crippen LogP contribution in [-0.2, 0) is 17.8 Å². The molecule has 170 valence electrons. The van der Waals surface area contributed by atoms with Gasteiger partial charge in [-0.1, -0.05) is 32.0 Å². The minimum atomic E-state index is -0.113. The van der Waals surface area contributed by atoms with Crippen molar-refractivity contribution in [3.05, 3.63) is 64.5 Å². The van der Waals surface area contributed by atoms with E-state index in [1.54, 1.807) is 6.26 Å². The van der Waals surface area contributed by atoms with Gasteiger partial charge in [-0.3, -0.25) is 14.5 Å². The number of benzene rings is 1. The fourth-order valence-corrected chi connectivity index (χ4v) is 4.52. The Labute approximate surface area is 188 Å². The molecule has 32 heavy (non-hydrogen) atoms. The van der Waals surface area contributed by atoms with Crippen LogP contribution in [-0.4, -0.2) is 51.2 Å². The van der Waals surface area contributed by atoms with Crippen LogP contribution >= 0.6 is 0 Å². The molecule has 1 aromatic carbocycles. The molecule has 0 bridgehead atoms. The van der Waals surface area contributed by atoms with Crippen molar-refractivity contribution in [3.63, 3.8) is 0 Å². The van der Waals surface area contributed by atoms with Crippen molar-refractivity contribution in [3.8, 4) is 0 Å². The third-order valence-electron chi connectivity index (χ3n) is 6.26. The van der Waals surface area contributed by atoms with Crippen LogP contribution in [0.3, 0.4) is 0 Å². The number of hydrogen-bond acceptors (Lipinski definition) is 5. The number of carbonyl (C=O) groups excluding carboxylic acids is 1. The summed E-state index contributed by atoms with van der Waals surface area (Å²) in [5.41, 5.74) is 0.554. The second-order valence-corrected chi connectivity index (χ2v) is 9.23. The standard InChI is InChI=1S/C25H32N4O3/c1-17(2)23-16-27(15-19-8-7-13-32-19)11-12-28(23)24(30)14-22-20-9-5-6-10-21(20)25(31)29(26-22)18(3)4/h5-10,13,17-18,23H,11-12,14-16H2,1-4H3/t23-/m1/s1. The quantitative estimate of drug-likeness (QED) is 0.592. The molecule has 0 unspecified atom stereocenters. The average Bonchev–Trinajstić information content (AvgIpc) is 3.28. The van der Waals surface area contributed by atoms with E-state index in [0.29, 0.717) is 23.5 Å². The number of nitrogens with zero attached hydrogens (tertiary/aromatic N) is 4. The molecular formula is C25H32N4O3. The molecule has 0 saturated carbocycles. The van der Waals surface area contributed by atoms with E-state index in [-0.39, 0.29) is 30.0 Å². The lowest BCUT2D eigenvalue weighted by molar-refractivity contribution is -0.137. The first-order chi connectivity index (χ1) is 15.3. The largest absolute Gasteiger partial charge is 0.468 e. The lowest BCUT2D eigenvalue weighted by Gasteiger charge is -2.43. The number of hydrogen-bond donors (Lipinski definition) is 0. The van der Waals surface area contributed by atoms with Gasteiger partial charge in [-0.2, -0.15) is 5.10 Å². The van der Waals surface area contributed by atoms with Crippen LogP contribution in [0.2, 0.25) is 0 Å². The molecule has 0 spiro atoms. The van der Waals surface area contributed by atoms with E-state index in [9.17, 15) is 9.59 Å². The molecule has 1 fully saturated rings. The van der Waals surface area contributed by atoms with Crippen molar-refractivity contribution in [1.29, 1.82) is 0 Å². The summed E-state index contributed by atoms with van der Waals surface area (Å²) in [4.78, 5) is 30.6. The highest BCUT2D eigenvalue weighted by atomic mass is 16.3. The Morgan fingerprint density at radius 3 is 2.50 bits per heavy atom. The minimum Gasteiger partial charge on any atom is -0.468 e. The van der Waals surface area contributed by atoms with Gasteiger partial charge in [-0.05, 0) is 38.0 Å². The average molecular weight is 437 g/mol. The first-order valence-electron chi connectivity index (χ1n) is 11.4. The van der Waals surface area contributed by atoms with Crippen molar-refractivity contribution < 1.29 is 9.21 Å². The second kappa shape index (κ2) is 9.28. The highest BCUT2D eigenvalue weighted by Crippen LogP contribution is 2.22. The van der Waals surface area contributed by atoms with Gasteiger partial charge in [0, 0.05) is 31.1 Å². The molecule has 0 N–H and O–H groups in total. The zero-order valence-corrected chi connectivity index (χ0v) is 19.3. The lowest BCUT2D eigenvalue weighted by Crippen LogP contribution is -2.57. The SMILES string of the molecule is CC(C)[C@H]1CN(Cc2ccco2)CCN1C(=O)Cc1nn(C(C)C)c(=O)c2ccccc12. The Hall–Kier alpha value is -2.93. The molecule has 3 aromatic rings. The van der Waals surface area contributed by atoms with Crippen LogP contribution < -0.4 is 5.56 Å². The summed E-state index contributed by atoms with van der Waals surface area (Å²) in [6, 6.07) is 11.4. The van der Waals surface area contributed by atoms with Crippen LogP contribution in [0.1, 0.15) is 45.2 Å². The van der Waals surface area contributed by atoms with Crippen LogP contribution in [0, 0.1) is 5.92 Å². The molecule has 7 nitrogen and oxygen atoms in total. The van der Waals surface area contributed by atoms with E-state index in [0.717, 1.165) is 30.8 Å². The minimum absolute atomic E-state index is 0.0629. The fraction of sp³-hybridized carbons (Fsp3) is 0.480. The Morgan fingerprint density at radius 1 is 1.09 bits per heavy atom. The summed E-state index contributed by atoms with van der Waals surface area (Å²) < 4.78 is 7.00. The van der Waals surface area contributed by atoms with E-state index >= 15 is 0 Å². The van der Waals surface area contributed by atoms with Gasteiger partial charge in [0.2, 0.25) is 5.91 Å². The van der Waals surface area contributed by atoms with Gasteiger partial charge >= 0.3 is 0 Å². The van der Waals surface area contributed by atoms with E-state index in [4.69, 9.17) is 4.42 Å². The van der Waals surface area contributed by atoms with E-state index in [1.165, 1.54) is 4.68 Å². The Morgan fingerprint density at radius 2 is 1.84 bits per heavy atom. The van der Waals surface area contributed by atoms with Crippen molar-refractivity contribution in [2.45, 2.75) is 52.7 Å². The highest BCUT2D eigenvalue weighted by Gasteiger charge is 2.33. The normalized spacial score (nSPS) is 17.6. The van der Waals surface area contributed by atoms with E-state index in [2.05, 4.69) is 23.8 Å². The van der Waals surface area contributed by atoms with Gasteiger partial charge < -0.3 is 9.32 Å². The van der Waals surface area contributed by atoms with Gasteiger partial charge in [0.05, 0.1) is 36.4 Å². The van der Waals surface area contributed by atoms with Crippen LogP contribution in [0.4, 0.5) is 0 Å². The van der Waals surface area contributed by atoms with Gasteiger partial charge in [0.1, 0.15) is 5.76 Å². The number of furan rings is 1. The maximum atomic E-state index is 13.5. The molecule has 7 heteroatoms. The number of amides is 1. The number of rotatable bonds is 6. The molecule has 1 aliphatic rings. The molecule has 2 aromatic heterocycles. The predicted molar refractivity (Wildman–Crippen MR) is 124 cm³/mol. The van der Waals surface area contributed by atoms with Gasteiger partial charge in [-0.15, -0.1) is 0 Å². The van der Waals surface area contributed by atoms with Gasteiger partial charge in [0.15, 0.2) is 0 Å². The highest BCUT2D eigenvalue weighted by molar-refractivity contribution is 5.88.